The van der Waals surface area contributed by atoms with Gasteiger partial charge in [0.25, 0.3) is 0 Å². The van der Waals surface area contributed by atoms with E-state index in [1.54, 1.807) is 0 Å². The monoisotopic (exact) mass is 226 g/mol. The summed E-state index contributed by atoms with van der Waals surface area (Å²) in [6.07, 6.45) is 0. The lowest BCUT2D eigenvalue weighted by molar-refractivity contribution is 1.05. The van der Waals surface area contributed by atoms with E-state index in [0.717, 1.165) is 44.3 Å². The fourth-order valence-electron chi connectivity index (χ4n) is 2.27. The summed E-state index contributed by atoms with van der Waals surface area (Å²) >= 11 is 0. The molecular formula is C13H14N4. The van der Waals surface area contributed by atoms with Crippen molar-refractivity contribution >= 4 is 11.0 Å². The molecule has 0 atom stereocenters. The molecule has 0 N–H and O–H groups in total. The summed E-state index contributed by atoms with van der Waals surface area (Å²) in [5.74, 6) is 0. The Bertz CT molecular complexity index is 695. The van der Waals surface area contributed by atoms with Crippen molar-refractivity contribution in [3.63, 3.8) is 0 Å². The molecule has 2 heterocycles. The molecule has 1 aliphatic rings. The topological polar surface area (TPSA) is 50.5 Å². The van der Waals surface area contributed by atoms with Crippen LogP contribution < -0.4 is 10.7 Å². The van der Waals surface area contributed by atoms with Gasteiger partial charge in [-0.2, -0.15) is 0 Å². The zero-order valence-corrected chi connectivity index (χ0v) is 10.5. The summed E-state index contributed by atoms with van der Waals surface area (Å²) in [5, 5.41) is 1.99. The lowest BCUT2D eigenvalue weighted by Gasteiger charge is -2.07. The largest absolute Gasteiger partial charge is 0.259 e. The van der Waals surface area contributed by atoms with Crippen molar-refractivity contribution < 1.29 is 0 Å². The Labute approximate surface area is 99.2 Å². The standard InChI is InChI=1S/C13H14N4/c1-6-10-11(15-5-14-10)7(2)13-12(6)16-8(3)9(4)17-13/h5H2,1-4H3. The molecular weight excluding hydrogens is 212 g/mol. The second kappa shape index (κ2) is 3.32. The van der Waals surface area contributed by atoms with Crippen LogP contribution in [0.25, 0.3) is 11.0 Å². The minimum atomic E-state index is 0.533. The summed E-state index contributed by atoms with van der Waals surface area (Å²) in [6, 6.07) is 0. The van der Waals surface area contributed by atoms with Crippen molar-refractivity contribution in [2.75, 3.05) is 6.67 Å². The molecule has 1 aromatic heterocycles. The first-order valence-corrected chi connectivity index (χ1v) is 5.72. The normalized spacial score (nSPS) is 13.4. The summed E-state index contributed by atoms with van der Waals surface area (Å²) in [6.45, 7) is 8.62. The number of aryl methyl sites for hydroxylation is 4. The van der Waals surface area contributed by atoms with E-state index in [1.807, 2.05) is 13.8 Å². The van der Waals surface area contributed by atoms with E-state index in [9.17, 15) is 0 Å². The van der Waals surface area contributed by atoms with Crippen molar-refractivity contribution in [2.45, 2.75) is 27.7 Å². The van der Waals surface area contributed by atoms with Gasteiger partial charge in [-0.25, -0.2) is 9.97 Å². The van der Waals surface area contributed by atoms with E-state index in [4.69, 9.17) is 0 Å². The highest BCUT2D eigenvalue weighted by Gasteiger charge is 2.13. The molecule has 2 aromatic rings. The van der Waals surface area contributed by atoms with Gasteiger partial charge >= 0.3 is 0 Å². The van der Waals surface area contributed by atoms with Gasteiger partial charge in [-0.3, -0.25) is 9.98 Å². The molecule has 1 aromatic carbocycles. The Hall–Kier alpha value is -1.84. The van der Waals surface area contributed by atoms with E-state index < -0.39 is 0 Å². The Balaban J connectivity index is 2.65. The molecule has 4 nitrogen and oxygen atoms in total. The zero-order valence-electron chi connectivity index (χ0n) is 10.5. The summed E-state index contributed by atoms with van der Waals surface area (Å²) in [5.41, 5.74) is 6.08. The maximum atomic E-state index is 4.65. The van der Waals surface area contributed by atoms with Gasteiger partial charge < -0.3 is 0 Å². The molecule has 0 fully saturated rings. The molecule has 17 heavy (non-hydrogen) atoms. The molecule has 1 aliphatic heterocycles. The number of benzene rings is 1. The highest BCUT2D eigenvalue weighted by Crippen LogP contribution is 2.15. The zero-order chi connectivity index (χ0) is 12.2. The van der Waals surface area contributed by atoms with Crippen molar-refractivity contribution in [2.24, 2.45) is 9.98 Å². The van der Waals surface area contributed by atoms with Gasteiger partial charge in [0.1, 0.15) is 6.67 Å². The lowest BCUT2D eigenvalue weighted by atomic mass is 10.1. The van der Waals surface area contributed by atoms with Gasteiger partial charge in [0.2, 0.25) is 0 Å². The maximum absolute atomic E-state index is 4.65. The van der Waals surface area contributed by atoms with Crippen molar-refractivity contribution in [3.05, 3.63) is 33.2 Å². The third kappa shape index (κ3) is 1.30. The average Bonchev–Trinajstić information content (AvgIpc) is 2.78. The van der Waals surface area contributed by atoms with Crippen LogP contribution in [0.1, 0.15) is 22.5 Å². The first kappa shape index (κ1) is 10.3. The van der Waals surface area contributed by atoms with E-state index in [0.29, 0.717) is 6.67 Å². The van der Waals surface area contributed by atoms with Crippen LogP contribution in [-0.2, 0) is 0 Å². The van der Waals surface area contributed by atoms with Gasteiger partial charge in [-0.1, -0.05) is 0 Å². The van der Waals surface area contributed by atoms with Gasteiger partial charge in [-0.15, -0.1) is 0 Å². The number of hydrogen-bond donors (Lipinski definition) is 0. The van der Waals surface area contributed by atoms with Crippen LogP contribution >= 0.6 is 0 Å². The molecule has 0 radical (unpaired) electrons. The van der Waals surface area contributed by atoms with Crippen molar-refractivity contribution in [3.8, 4) is 0 Å². The van der Waals surface area contributed by atoms with Crippen LogP contribution in [0.3, 0.4) is 0 Å². The number of nitrogens with zero attached hydrogens (tertiary/aromatic N) is 4. The van der Waals surface area contributed by atoms with Gasteiger partial charge in [0.05, 0.1) is 33.1 Å². The number of fused-ring (bicyclic) bond motifs is 2. The third-order valence-corrected chi connectivity index (χ3v) is 3.41. The Morgan fingerprint density at radius 2 is 1.12 bits per heavy atom. The highest BCUT2D eigenvalue weighted by molar-refractivity contribution is 5.81. The van der Waals surface area contributed by atoms with E-state index in [1.165, 1.54) is 0 Å². The SMILES string of the molecule is Cc1nc2c(C)c3c(c(C)c2nc1C)=NCN=3. The summed E-state index contributed by atoms with van der Waals surface area (Å²) in [7, 11) is 0. The second-order valence-electron chi connectivity index (χ2n) is 4.50. The number of aromatic nitrogens is 2. The second-order valence-corrected chi connectivity index (χ2v) is 4.50. The van der Waals surface area contributed by atoms with Crippen LogP contribution in [0, 0.1) is 27.7 Å². The minimum absolute atomic E-state index is 0.533. The number of rotatable bonds is 0. The summed E-state index contributed by atoms with van der Waals surface area (Å²) < 4.78 is 0. The molecule has 0 amide bonds. The van der Waals surface area contributed by atoms with Gasteiger partial charge in [-0.05, 0) is 27.7 Å². The van der Waals surface area contributed by atoms with Crippen LogP contribution in [-0.4, -0.2) is 16.6 Å². The first-order valence-electron chi connectivity index (χ1n) is 5.72. The van der Waals surface area contributed by atoms with E-state index in [2.05, 4.69) is 33.8 Å². The predicted octanol–water partition coefficient (Wildman–Crippen LogP) is 1.07. The van der Waals surface area contributed by atoms with Crippen molar-refractivity contribution in [1.82, 2.24) is 9.97 Å². The molecule has 3 rings (SSSR count). The fourth-order valence-corrected chi connectivity index (χ4v) is 2.27. The van der Waals surface area contributed by atoms with Gasteiger partial charge in [0, 0.05) is 11.1 Å². The molecule has 0 saturated heterocycles. The fraction of sp³-hybridized carbons (Fsp3) is 0.385. The molecule has 0 saturated carbocycles. The minimum Gasteiger partial charge on any atom is -0.259 e. The molecule has 0 bridgehead atoms. The smallest absolute Gasteiger partial charge is 0.130 e. The average molecular weight is 226 g/mol. The van der Waals surface area contributed by atoms with Crippen LogP contribution in [0.4, 0.5) is 0 Å². The first-order chi connectivity index (χ1) is 8.09. The Kier molecular flexibility index (Phi) is 2.02. The van der Waals surface area contributed by atoms with Gasteiger partial charge in [0.15, 0.2) is 0 Å². The molecule has 0 unspecified atom stereocenters. The molecule has 4 heteroatoms. The van der Waals surface area contributed by atoms with E-state index in [-0.39, 0.29) is 0 Å². The number of hydrogen-bond acceptors (Lipinski definition) is 4. The van der Waals surface area contributed by atoms with Crippen molar-refractivity contribution in [1.29, 1.82) is 0 Å². The Morgan fingerprint density at radius 3 is 1.53 bits per heavy atom. The van der Waals surface area contributed by atoms with Crippen LogP contribution in [0.5, 0.6) is 0 Å². The molecule has 0 spiro atoms. The lowest BCUT2D eigenvalue weighted by Crippen LogP contribution is -2.29. The third-order valence-electron chi connectivity index (χ3n) is 3.41. The molecule has 86 valence electrons. The Morgan fingerprint density at radius 1 is 0.706 bits per heavy atom. The summed E-state index contributed by atoms with van der Waals surface area (Å²) in [4.78, 5) is 18.2. The van der Waals surface area contributed by atoms with Crippen LogP contribution in [0.15, 0.2) is 9.98 Å². The molecule has 0 aliphatic carbocycles. The quantitative estimate of drug-likeness (QED) is 0.674. The van der Waals surface area contributed by atoms with Crippen LogP contribution in [0.2, 0.25) is 0 Å². The predicted molar refractivity (Wildman–Crippen MR) is 65.7 cm³/mol. The highest BCUT2D eigenvalue weighted by atomic mass is 15.0. The van der Waals surface area contributed by atoms with E-state index >= 15 is 0 Å². The maximum Gasteiger partial charge on any atom is 0.130 e.